The van der Waals surface area contributed by atoms with E-state index in [2.05, 4.69) is 10.3 Å². The van der Waals surface area contributed by atoms with Crippen molar-refractivity contribution in [2.75, 3.05) is 0 Å². The maximum atomic E-state index is 13.3. The van der Waals surface area contributed by atoms with Crippen molar-refractivity contribution in [3.63, 3.8) is 0 Å². The first-order chi connectivity index (χ1) is 9.47. The molecular formula is C13H8Cl3FN2O. The molecule has 0 spiro atoms. The highest BCUT2D eigenvalue weighted by atomic mass is 35.5. The van der Waals surface area contributed by atoms with Crippen molar-refractivity contribution in [2.45, 2.75) is 6.54 Å². The van der Waals surface area contributed by atoms with Gasteiger partial charge in [0.1, 0.15) is 11.0 Å². The van der Waals surface area contributed by atoms with E-state index >= 15 is 0 Å². The first-order valence-electron chi connectivity index (χ1n) is 5.50. The van der Waals surface area contributed by atoms with Gasteiger partial charge in [0.2, 0.25) is 0 Å². The normalized spacial score (nSPS) is 10.4. The van der Waals surface area contributed by atoms with E-state index in [-0.39, 0.29) is 22.2 Å². The summed E-state index contributed by atoms with van der Waals surface area (Å²) in [5, 5.41) is 2.92. The number of nitrogens with one attached hydrogen (secondary N) is 1. The van der Waals surface area contributed by atoms with Gasteiger partial charge in [-0.2, -0.15) is 0 Å². The van der Waals surface area contributed by atoms with Crippen LogP contribution in [0.1, 0.15) is 15.9 Å². The van der Waals surface area contributed by atoms with Gasteiger partial charge in [0.25, 0.3) is 5.91 Å². The topological polar surface area (TPSA) is 42.0 Å². The van der Waals surface area contributed by atoms with Crippen molar-refractivity contribution < 1.29 is 9.18 Å². The van der Waals surface area contributed by atoms with Crippen LogP contribution in [0.15, 0.2) is 30.5 Å². The molecule has 1 aromatic carbocycles. The first-order valence-corrected chi connectivity index (χ1v) is 6.64. The summed E-state index contributed by atoms with van der Waals surface area (Å²) in [5.41, 5.74) is 0.781. The Bertz CT molecular complexity index is 647. The molecule has 104 valence electrons. The van der Waals surface area contributed by atoms with Crippen molar-refractivity contribution in [3.05, 3.63) is 62.6 Å². The Kier molecular flexibility index (Phi) is 4.81. The summed E-state index contributed by atoms with van der Waals surface area (Å²) in [4.78, 5) is 15.8. The third-order valence-corrected chi connectivity index (χ3v) is 3.32. The van der Waals surface area contributed by atoms with Crippen LogP contribution in [0.3, 0.4) is 0 Å². The Labute approximate surface area is 129 Å². The molecule has 0 atom stereocenters. The molecule has 1 amide bonds. The highest BCUT2D eigenvalue weighted by Gasteiger charge is 2.14. The summed E-state index contributed by atoms with van der Waals surface area (Å²) in [5.74, 6) is -1.20. The van der Waals surface area contributed by atoms with Gasteiger partial charge in [-0.25, -0.2) is 9.37 Å². The van der Waals surface area contributed by atoms with Crippen LogP contribution < -0.4 is 5.32 Å². The molecule has 20 heavy (non-hydrogen) atoms. The lowest BCUT2D eigenvalue weighted by molar-refractivity contribution is 0.0950. The number of carbonyl (C=O) groups is 1. The molecule has 0 radical (unpaired) electrons. The summed E-state index contributed by atoms with van der Waals surface area (Å²) in [6, 6.07) is 5.52. The van der Waals surface area contributed by atoms with Crippen molar-refractivity contribution >= 4 is 40.7 Å². The van der Waals surface area contributed by atoms with E-state index in [1.54, 1.807) is 12.1 Å². The van der Waals surface area contributed by atoms with E-state index in [0.717, 1.165) is 11.6 Å². The van der Waals surface area contributed by atoms with Gasteiger partial charge >= 0.3 is 0 Å². The van der Waals surface area contributed by atoms with Crippen molar-refractivity contribution in [3.8, 4) is 0 Å². The number of hydrogen-bond donors (Lipinski definition) is 1. The minimum Gasteiger partial charge on any atom is -0.348 e. The molecule has 0 unspecified atom stereocenters. The van der Waals surface area contributed by atoms with Crippen LogP contribution >= 0.6 is 34.8 Å². The zero-order valence-electron chi connectivity index (χ0n) is 9.96. The molecule has 2 aromatic rings. The Morgan fingerprint density at radius 3 is 2.60 bits per heavy atom. The standard InChI is InChI=1S/C13H8Cl3FN2O/c14-9-4-10(15)11(17)3-8(9)13(20)19-6-7-1-2-12(16)18-5-7/h1-5H,6H2,(H,19,20). The van der Waals surface area contributed by atoms with Crippen LogP contribution in [0.4, 0.5) is 4.39 Å². The average Bonchev–Trinajstić information content (AvgIpc) is 2.42. The van der Waals surface area contributed by atoms with Gasteiger partial charge in [0.05, 0.1) is 15.6 Å². The number of halogens is 4. The van der Waals surface area contributed by atoms with Gasteiger partial charge < -0.3 is 5.32 Å². The van der Waals surface area contributed by atoms with Crippen LogP contribution in [0, 0.1) is 5.82 Å². The number of rotatable bonds is 3. The zero-order chi connectivity index (χ0) is 14.7. The smallest absolute Gasteiger partial charge is 0.253 e. The van der Waals surface area contributed by atoms with Gasteiger partial charge in [0, 0.05) is 12.7 Å². The summed E-state index contributed by atoms with van der Waals surface area (Å²) < 4.78 is 13.3. The maximum absolute atomic E-state index is 13.3. The molecule has 3 nitrogen and oxygen atoms in total. The Hall–Kier alpha value is -1.36. The fraction of sp³-hybridized carbons (Fsp3) is 0.0769. The van der Waals surface area contributed by atoms with Crippen molar-refractivity contribution in [1.82, 2.24) is 10.3 Å². The Morgan fingerprint density at radius 1 is 1.20 bits per heavy atom. The lowest BCUT2D eigenvalue weighted by atomic mass is 10.2. The Balaban J connectivity index is 2.09. The average molecular weight is 334 g/mol. The lowest BCUT2D eigenvalue weighted by Gasteiger charge is -2.07. The Morgan fingerprint density at radius 2 is 1.95 bits per heavy atom. The van der Waals surface area contributed by atoms with E-state index in [4.69, 9.17) is 34.8 Å². The summed E-state index contributed by atoms with van der Waals surface area (Å²) in [6.45, 7) is 0.226. The molecule has 7 heteroatoms. The molecule has 0 aliphatic carbocycles. The van der Waals surface area contributed by atoms with Gasteiger partial charge in [-0.15, -0.1) is 0 Å². The second kappa shape index (κ2) is 6.39. The quantitative estimate of drug-likeness (QED) is 0.678. The number of amides is 1. The lowest BCUT2D eigenvalue weighted by Crippen LogP contribution is -2.23. The van der Waals surface area contributed by atoms with Gasteiger partial charge in [-0.1, -0.05) is 40.9 Å². The monoisotopic (exact) mass is 332 g/mol. The van der Waals surface area contributed by atoms with Crippen molar-refractivity contribution in [2.24, 2.45) is 0 Å². The van der Waals surface area contributed by atoms with Crippen LogP contribution in [0.5, 0.6) is 0 Å². The summed E-state index contributed by atoms with van der Waals surface area (Å²) in [6.07, 6.45) is 1.53. The largest absolute Gasteiger partial charge is 0.348 e. The molecule has 0 fully saturated rings. The van der Waals surface area contributed by atoms with E-state index < -0.39 is 11.7 Å². The highest BCUT2D eigenvalue weighted by molar-refractivity contribution is 6.36. The molecule has 2 rings (SSSR count). The molecular weight excluding hydrogens is 326 g/mol. The SMILES string of the molecule is O=C(NCc1ccc(Cl)nc1)c1cc(F)c(Cl)cc1Cl. The molecule has 0 saturated carbocycles. The number of benzene rings is 1. The van der Waals surface area contributed by atoms with Crippen LogP contribution in [0.25, 0.3) is 0 Å². The fourth-order valence-corrected chi connectivity index (χ4v) is 2.07. The van der Waals surface area contributed by atoms with Crippen LogP contribution in [-0.2, 0) is 6.54 Å². The molecule has 0 saturated heterocycles. The number of carbonyl (C=O) groups excluding carboxylic acids is 1. The van der Waals surface area contributed by atoms with E-state index in [1.807, 2.05) is 0 Å². The number of aromatic nitrogens is 1. The third-order valence-electron chi connectivity index (χ3n) is 2.50. The second-order valence-electron chi connectivity index (χ2n) is 3.92. The molecule has 1 heterocycles. The molecule has 0 aliphatic rings. The van der Waals surface area contributed by atoms with E-state index in [0.29, 0.717) is 5.15 Å². The number of nitrogens with zero attached hydrogens (tertiary/aromatic N) is 1. The minimum atomic E-state index is -0.700. The van der Waals surface area contributed by atoms with Crippen LogP contribution in [0.2, 0.25) is 15.2 Å². The van der Waals surface area contributed by atoms with Gasteiger partial charge in [0.15, 0.2) is 0 Å². The molecule has 0 bridgehead atoms. The second-order valence-corrected chi connectivity index (χ2v) is 5.12. The predicted octanol–water partition coefficient (Wildman–Crippen LogP) is 4.11. The van der Waals surface area contributed by atoms with Crippen molar-refractivity contribution in [1.29, 1.82) is 0 Å². The van der Waals surface area contributed by atoms with Gasteiger partial charge in [-0.05, 0) is 23.8 Å². The molecule has 1 aromatic heterocycles. The maximum Gasteiger partial charge on any atom is 0.253 e. The highest BCUT2D eigenvalue weighted by Crippen LogP contribution is 2.24. The first kappa shape index (κ1) is 15.0. The zero-order valence-corrected chi connectivity index (χ0v) is 12.2. The number of pyridine rings is 1. The number of hydrogen-bond acceptors (Lipinski definition) is 2. The van der Waals surface area contributed by atoms with E-state index in [1.165, 1.54) is 12.3 Å². The van der Waals surface area contributed by atoms with E-state index in [9.17, 15) is 9.18 Å². The predicted molar refractivity (Wildman–Crippen MR) is 76.8 cm³/mol. The summed E-state index contributed by atoms with van der Waals surface area (Å²) >= 11 is 17.1. The minimum absolute atomic E-state index is 0.0236. The molecule has 1 N–H and O–H groups in total. The summed E-state index contributed by atoms with van der Waals surface area (Å²) in [7, 11) is 0. The van der Waals surface area contributed by atoms with Gasteiger partial charge in [-0.3, -0.25) is 4.79 Å². The van der Waals surface area contributed by atoms with Crippen LogP contribution in [-0.4, -0.2) is 10.9 Å². The molecule has 0 aliphatic heterocycles. The fourth-order valence-electron chi connectivity index (χ4n) is 1.49. The third kappa shape index (κ3) is 3.60.